The van der Waals surface area contributed by atoms with E-state index in [1.165, 1.54) is 13.8 Å². The number of rotatable bonds is 22. The molecule has 342 valence electrons. The fourth-order valence-corrected chi connectivity index (χ4v) is 7.32. The summed E-state index contributed by atoms with van der Waals surface area (Å²) in [7, 11) is 0. The van der Waals surface area contributed by atoms with Crippen LogP contribution in [0.5, 0.6) is 0 Å². The molecule has 0 bridgehead atoms. The van der Waals surface area contributed by atoms with Gasteiger partial charge in [-0.1, -0.05) is 60.2 Å². The van der Waals surface area contributed by atoms with E-state index in [2.05, 4.69) is 20.9 Å². The zero-order valence-corrected chi connectivity index (χ0v) is 35.8. The van der Waals surface area contributed by atoms with Gasteiger partial charge < -0.3 is 53.6 Å². The normalized spacial score (nSPS) is 20.1. The Labute approximate surface area is 364 Å². The van der Waals surface area contributed by atoms with E-state index in [-0.39, 0.29) is 46.1 Å². The molecule has 2 aromatic carbocycles. The molecule has 0 saturated carbocycles. The monoisotopic (exact) mass is 881 g/mol. The third kappa shape index (κ3) is 14.3. The molecule has 3 unspecified atom stereocenters. The maximum absolute atomic E-state index is 13.0. The standard InChI is InChI=1S/C43H55N5O15/c1-26(49)45-38-41(61-29(4)52)40(60-28(3)51)35(25-59-27(2)50)62-42(38)58-23-22-57-21-20-56-19-18-48-39-33-15-10-9-14-32(33)34(63-43(55)44-17-11-5-6-16-36(53)54)24-30-12-7-8-13-31(30)37(39)46-47-48/h7-10,12-15,34-35,38,40-42H,5-6,11,16-25H2,1-4H3,(H,44,55)(H,45,49)(H,53,54)/t34?,35?,38?,40-,41+,42+/m0/s1. The molecule has 1 saturated heterocycles. The highest BCUT2D eigenvalue weighted by atomic mass is 16.7. The minimum Gasteiger partial charge on any atom is -0.481 e. The van der Waals surface area contributed by atoms with Gasteiger partial charge in [0, 0.05) is 63.8 Å². The second kappa shape index (κ2) is 24.0. The zero-order chi connectivity index (χ0) is 45.3. The fourth-order valence-electron chi connectivity index (χ4n) is 7.32. The first-order valence-electron chi connectivity index (χ1n) is 20.8. The van der Waals surface area contributed by atoms with E-state index in [0.29, 0.717) is 44.5 Å². The Morgan fingerprint density at radius 2 is 1.48 bits per heavy atom. The van der Waals surface area contributed by atoms with Crippen LogP contribution < -0.4 is 10.6 Å². The number of carbonyl (C=O) groups excluding carboxylic acids is 5. The first kappa shape index (κ1) is 48.1. The Morgan fingerprint density at radius 1 is 0.794 bits per heavy atom. The fraction of sp³-hybridized carbons (Fsp3) is 0.535. The van der Waals surface area contributed by atoms with Crippen LogP contribution in [0.3, 0.4) is 0 Å². The second-order valence-electron chi connectivity index (χ2n) is 14.8. The predicted octanol–water partition coefficient (Wildman–Crippen LogP) is 3.29. The number of alkyl carbamates (subject to hydrolysis) is 1. The maximum atomic E-state index is 13.0. The highest BCUT2D eigenvalue weighted by Gasteiger charge is 2.51. The summed E-state index contributed by atoms with van der Waals surface area (Å²) in [5.41, 5.74) is 4.83. The Balaban J connectivity index is 1.16. The quantitative estimate of drug-likeness (QED) is 0.0744. The molecule has 3 N–H and O–H groups in total. The molecule has 0 radical (unpaired) electrons. The summed E-state index contributed by atoms with van der Waals surface area (Å²) in [5.74, 6) is -3.38. The summed E-state index contributed by atoms with van der Waals surface area (Å²) in [6, 6.07) is 14.3. The average Bonchev–Trinajstić information content (AvgIpc) is 3.64. The van der Waals surface area contributed by atoms with Crippen LogP contribution in [0.25, 0.3) is 22.5 Å². The van der Waals surface area contributed by atoms with E-state index < -0.39 is 72.6 Å². The minimum atomic E-state index is -1.24. The summed E-state index contributed by atoms with van der Waals surface area (Å²) in [6.45, 7) is 5.84. The van der Waals surface area contributed by atoms with Crippen molar-refractivity contribution >= 4 is 35.9 Å². The molecule has 1 aliphatic carbocycles. The summed E-state index contributed by atoms with van der Waals surface area (Å²) in [5, 5.41) is 23.4. The van der Waals surface area contributed by atoms with Gasteiger partial charge in [-0.3, -0.25) is 24.0 Å². The van der Waals surface area contributed by atoms with Crippen LogP contribution in [0.15, 0.2) is 48.5 Å². The highest BCUT2D eigenvalue weighted by Crippen LogP contribution is 2.41. The van der Waals surface area contributed by atoms with Gasteiger partial charge in [-0.15, -0.1) is 5.10 Å². The summed E-state index contributed by atoms with van der Waals surface area (Å²) < 4.78 is 47.4. The van der Waals surface area contributed by atoms with E-state index in [1.54, 1.807) is 4.68 Å². The number of esters is 3. The van der Waals surface area contributed by atoms with Gasteiger partial charge >= 0.3 is 30.0 Å². The number of unbranched alkanes of at least 4 members (excludes halogenated alkanes) is 2. The molecule has 63 heavy (non-hydrogen) atoms. The number of benzene rings is 2. The van der Waals surface area contributed by atoms with Crippen LogP contribution in [0.4, 0.5) is 4.79 Å². The summed E-state index contributed by atoms with van der Waals surface area (Å²) >= 11 is 0. The number of carboxylic acids is 1. The molecule has 6 atom stereocenters. The molecule has 20 heteroatoms. The summed E-state index contributed by atoms with van der Waals surface area (Å²) in [4.78, 5) is 71.7. The van der Waals surface area contributed by atoms with Crippen LogP contribution in [-0.2, 0) is 74.8 Å². The Morgan fingerprint density at radius 3 is 2.19 bits per heavy atom. The van der Waals surface area contributed by atoms with Crippen molar-refractivity contribution < 1.29 is 71.8 Å². The minimum absolute atomic E-state index is 0.0288. The average molecular weight is 882 g/mol. The first-order chi connectivity index (χ1) is 30.3. The largest absolute Gasteiger partial charge is 0.481 e. The maximum Gasteiger partial charge on any atom is 0.407 e. The number of hydrogen-bond donors (Lipinski definition) is 3. The first-order valence-corrected chi connectivity index (χ1v) is 20.8. The van der Waals surface area contributed by atoms with Crippen molar-refractivity contribution in [1.82, 2.24) is 25.6 Å². The van der Waals surface area contributed by atoms with Gasteiger partial charge in [0.25, 0.3) is 0 Å². The number of hydrogen-bond acceptors (Lipinski definition) is 16. The van der Waals surface area contributed by atoms with Crippen molar-refractivity contribution in [3.05, 3.63) is 59.7 Å². The number of nitrogens with one attached hydrogen (secondary N) is 2. The molecule has 2 heterocycles. The lowest BCUT2D eigenvalue weighted by Gasteiger charge is -2.44. The number of aromatic nitrogens is 3. The van der Waals surface area contributed by atoms with Gasteiger partial charge in [-0.05, 0) is 18.4 Å². The lowest BCUT2D eigenvalue weighted by Crippen LogP contribution is -2.66. The molecular weight excluding hydrogens is 826 g/mol. The van der Waals surface area contributed by atoms with Gasteiger partial charge in [0.05, 0.1) is 45.3 Å². The Kier molecular flexibility index (Phi) is 18.3. The number of fused-ring (bicyclic) bond motifs is 5. The lowest BCUT2D eigenvalue weighted by atomic mass is 9.87. The number of carbonyl (C=O) groups is 6. The van der Waals surface area contributed by atoms with Crippen LogP contribution >= 0.6 is 0 Å². The van der Waals surface area contributed by atoms with E-state index in [4.69, 9.17) is 43.0 Å². The van der Waals surface area contributed by atoms with Gasteiger partial charge in [0.1, 0.15) is 30.6 Å². The van der Waals surface area contributed by atoms with Crippen molar-refractivity contribution in [3.63, 3.8) is 0 Å². The van der Waals surface area contributed by atoms with Crippen LogP contribution in [0.2, 0.25) is 0 Å². The van der Waals surface area contributed by atoms with Gasteiger partial charge in [-0.2, -0.15) is 0 Å². The van der Waals surface area contributed by atoms with E-state index in [1.807, 2.05) is 48.5 Å². The molecule has 1 aliphatic heterocycles. The predicted molar refractivity (Wildman–Crippen MR) is 220 cm³/mol. The van der Waals surface area contributed by atoms with Crippen molar-refractivity contribution in [2.45, 2.75) is 103 Å². The van der Waals surface area contributed by atoms with Crippen molar-refractivity contribution in [1.29, 1.82) is 0 Å². The van der Waals surface area contributed by atoms with Gasteiger partial charge in [0.2, 0.25) is 5.91 Å². The number of amides is 2. The van der Waals surface area contributed by atoms with Crippen molar-refractivity contribution in [3.8, 4) is 22.5 Å². The highest BCUT2D eigenvalue weighted by molar-refractivity contribution is 5.83. The second-order valence-corrected chi connectivity index (χ2v) is 14.8. The van der Waals surface area contributed by atoms with Gasteiger partial charge in [-0.25, -0.2) is 9.48 Å². The molecule has 2 aliphatic rings. The smallest absolute Gasteiger partial charge is 0.407 e. The third-order valence-corrected chi connectivity index (χ3v) is 9.96. The van der Waals surface area contributed by atoms with E-state index in [0.717, 1.165) is 41.8 Å². The molecule has 2 amide bonds. The van der Waals surface area contributed by atoms with Crippen LogP contribution in [0, 0.1) is 0 Å². The third-order valence-electron chi connectivity index (χ3n) is 9.96. The molecular formula is C43H55N5O15. The molecule has 20 nitrogen and oxygen atoms in total. The molecule has 3 aromatic rings. The Hall–Kier alpha value is -5.96. The van der Waals surface area contributed by atoms with Crippen LogP contribution in [-0.4, -0.2) is 133 Å². The van der Waals surface area contributed by atoms with Gasteiger partial charge in [0.15, 0.2) is 18.5 Å². The van der Waals surface area contributed by atoms with Crippen molar-refractivity contribution in [2.75, 3.05) is 46.2 Å². The molecule has 1 fully saturated rings. The lowest BCUT2D eigenvalue weighted by molar-refractivity contribution is -0.279. The number of aliphatic carboxylic acids is 1. The molecule has 0 spiro atoms. The van der Waals surface area contributed by atoms with E-state index in [9.17, 15) is 28.8 Å². The molecule has 5 rings (SSSR count). The van der Waals surface area contributed by atoms with Crippen molar-refractivity contribution in [2.24, 2.45) is 0 Å². The zero-order valence-electron chi connectivity index (χ0n) is 35.8. The number of ether oxygens (including phenoxy) is 8. The SMILES string of the molecule is CC(=O)NC1[C@H](OCCOCCOCCn2nnc3c2-c2ccccc2C(OC(=O)NCCCCCC(=O)O)Cc2ccccc2-3)OC(COC(C)=O)[C@H](OC(C)=O)[C@@H]1OC(C)=O. The number of carboxylic acid groups (broad SMARTS) is 1. The Bertz CT molecular complexity index is 2040. The van der Waals surface area contributed by atoms with Crippen LogP contribution in [0.1, 0.15) is 70.6 Å². The summed E-state index contributed by atoms with van der Waals surface area (Å²) in [6.07, 6.45) is -3.64. The topological polar surface area (TPSA) is 251 Å². The van der Waals surface area contributed by atoms with E-state index >= 15 is 0 Å². The molecule has 1 aromatic heterocycles. The number of nitrogens with zero attached hydrogens (tertiary/aromatic N) is 3.